The first-order valence-electron chi connectivity index (χ1n) is 16.0. The van der Waals surface area contributed by atoms with E-state index in [1.807, 2.05) is 0 Å². The highest BCUT2D eigenvalue weighted by Crippen LogP contribution is 2.50. The predicted octanol–water partition coefficient (Wildman–Crippen LogP) is 5.03. The number of hydrogen-bond acceptors (Lipinski definition) is 27. The molecular weight excluding hydrogens is 963 g/mol. The number of fused-ring (bicyclic) bond motifs is 1. The van der Waals surface area contributed by atoms with Crippen molar-refractivity contribution >= 4 is 104 Å². The Morgan fingerprint density at radius 3 is 1.89 bits per heavy atom. The van der Waals surface area contributed by atoms with Crippen molar-refractivity contribution in [3.05, 3.63) is 42.5 Å². The first kappa shape index (κ1) is 50.1. The zero-order valence-electron chi connectivity index (χ0n) is 31.4. The molecule has 4 aromatic rings. The topological polar surface area (TPSA) is 396 Å². The number of nitrogen functional groups attached to an aromatic ring is 1. The molecule has 0 aromatic heterocycles. The molecule has 0 radical (unpaired) electrons. The SMILES string of the molecule is COc1cc(S(=O)(=O)CCOS(=O)(=O)O)c(OC)cc1N=Nc1c(S(=O)(=O)O)cc2cc(SOOO)c(N=Nc3cc(S(=O)(=O)CCOSOOO)ccc3OC)c(O)c2c1N. The summed E-state index contributed by atoms with van der Waals surface area (Å²) in [6, 6.07) is 7.29. The Balaban J connectivity index is 1.88. The first-order valence-corrected chi connectivity index (χ1v) is 23.5. The molecule has 0 aliphatic carbocycles. The van der Waals surface area contributed by atoms with Crippen LogP contribution in [-0.4, -0.2) is 104 Å². The lowest BCUT2D eigenvalue weighted by Gasteiger charge is -2.15. The van der Waals surface area contributed by atoms with Gasteiger partial charge in [0.15, 0.2) is 37.7 Å². The summed E-state index contributed by atoms with van der Waals surface area (Å²) < 4.78 is 151. The van der Waals surface area contributed by atoms with Crippen LogP contribution in [0.4, 0.5) is 28.4 Å². The van der Waals surface area contributed by atoms with Crippen LogP contribution in [0.1, 0.15) is 0 Å². The molecule has 0 fully saturated rings. The number of rotatable bonds is 23. The van der Waals surface area contributed by atoms with Gasteiger partial charge in [0, 0.05) is 12.1 Å². The number of phenolic OH excluding ortho intramolecular Hbond substituents is 1. The monoisotopic (exact) mass is 993 g/mol. The van der Waals surface area contributed by atoms with Crippen LogP contribution in [0.2, 0.25) is 0 Å². The molecule has 7 N–H and O–H groups in total. The van der Waals surface area contributed by atoms with Gasteiger partial charge < -0.3 is 25.1 Å². The van der Waals surface area contributed by atoms with Gasteiger partial charge in [0.05, 0.1) is 79.0 Å². The molecule has 4 aromatic carbocycles. The Morgan fingerprint density at radius 1 is 0.677 bits per heavy atom. The van der Waals surface area contributed by atoms with E-state index in [-0.39, 0.29) is 67.8 Å². The minimum absolute atomic E-state index is 0.0127. The van der Waals surface area contributed by atoms with Gasteiger partial charge in [-0.25, -0.2) is 31.5 Å². The van der Waals surface area contributed by atoms with E-state index in [1.165, 1.54) is 19.2 Å². The number of aromatic hydroxyl groups is 1. The van der Waals surface area contributed by atoms with Crippen molar-refractivity contribution < 1.29 is 99.7 Å². The summed E-state index contributed by atoms with van der Waals surface area (Å²) >= 11 is 0.380. The predicted molar refractivity (Wildman–Crippen MR) is 211 cm³/mol. The summed E-state index contributed by atoms with van der Waals surface area (Å²) in [6.45, 7) is -1.40. The van der Waals surface area contributed by atoms with E-state index in [1.54, 1.807) is 0 Å². The Hall–Kier alpha value is -4.56. The molecule has 62 heavy (non-hydrogen) atoms. The zero-order chi connectivity index (χ0) is 46.0. The van der Waals surface area contributed by atoms with Crippen LogP contribution < -0.4 is 19.9 Å². The van der Waals surface area contributed by atoms with E-state index >= 15 is 0 Å². The fraction of sp³-hybridized carbons (Fsp3) is 0.241. The number of nitrogens with two attached hydrogens (primary N) is 1. The standard InChI is InChI=1S/C29H31N5O22S6/c1-48-19-5-4-16(59(38,39)8-6-51-58-56-54-37)12-17(19)31-33-27-22(57-55-53-36)10-15-11-24(61(42,43)44)28(26(30)25(15)29(27)35)34-32-18-13-21(50-3)23(14-20(18)49-2)60(40,41)9-7-52-62(45,46)47/h4-5,10-14,35-37H,6-9,30H2,1-3H3,(H,42,43,44)(H,45,46,47). The van der Waals surface area contributed by atoms with Crippen molar-refractivity contribution in [2.24, 2.45) is 20.5 Å². The molecular formula is C29H31N5O22S6. The second-order valence-corrected chi connectivity index (χ2v) is 19.3. The molecule has 0 saturated heterocycles. The molecule has 0 bridgehead atoms. The van der Waals surface area contributed by atoms with Gasteiger partial charge in [-0.2, -0.15) is 16.8 Å². The number of hydrogen-bond donors (Lipinski definition) is 6. The minimum Gasteiger partial charge on any atom is -0.505 e. The number of anilines is 1. The number of phenols is 1. The number of benzene rings is 4. The number of azo groups is 2. The first-order chi connectivity index (χ1) is 29.1. The van der Waals surface area contributed by atoms with E-state index < -0.39 is 103 Å². The van der Waals surface area contributed by atoms with Gasteiger partial charge in [-0.15, -0.1) is 29.1 Å². The maximum atomic E-state index is 13.0. The third-order valence-corrected chi connectivity index (χ3v) is 13.4. The minimum atomic E-state index is -5.22. The maximum Gasteiger partial charge on any atom is 0.397 e. The lowest BCUT2D eigenvalue weighted by atomic mass is 10.1. The third kappa shape index (κ3) is 12.5. The van der Waals surface area contributed by atoms with E-state index in [0.29, 0.717) is 0 Å². The second-order valence-electron chi connectivity index (χ2n) is 11.3. The summed E-state index contributed by atoms with van der Waals surface area (Å²) in [7, 11) is -15.3. The molecule has 340 valence electrons. The highest BCUT2D eigenvalue weighted by Gasteiger charge is 2.28. The Bertz CT molecular complexity index is 2810. The fourth-order valence-corrected chi connectivity index (χ4v) is 9.28. The van der Waals surface area contributed by atoms with E-state index in [4.69, 9.17) is 39.2 Å². The molecule has 0 unspecified atom stereocenters. The van der Waals surface area contributed by atoms with Gasteiger partial charge in [-0.1, -0.05) is 10.1 Å². The summed E-state index contributed by atoms with van der Waals surface area (Å²) in [5.41, 5.74) is 3.89. The third-order valence-electron chi connectivity index (χ3n) is 7.70. The summed E-state index contributed by atoms with van der Waals surface area (Å²) in [5, 5.41) is 50.9. The van der Waals surface area contributed by atoms with Crippen molar-refractivity contribution in [1.29, 1.82) is 0 Å². The van der Waals surface area contributed by atoms with Crippen molar-refractivity contribution in [2.45, 2.75) is 19.6 Å². The van der Waals surface area contributed by atoms with Gasteiger partial charge in [-0.3, -0.25) is 13.3 Å². The Morgan fingerprint density at radius 2 is 1.29 bits per heavy atom. The number of ether oxygens (including phenoxy) is 3. The van der Waals surface area contributed by atoms with Crippen LogP contribution in [0.5, 0.6) is 23.0 Å². The molecule has 0 aliphatic rings. The Labute approximate surface area is 359 Å². The van der Waals surface area contributed by atoms with Crippen LogP contribution in [-0.2, 0) is 67.3 Å². The molecule has 0 atom stereocenters. The second kappa shape index (κ2) is 21.2. The lowest BCUT2D eigenvalue weighted by molar-refractivity contribution is -0.434. The van der Waals surface area contributed by atoms with Crippen molar-refractivity contribution in [3.8, 4) is 23.0 Å². The number of methoxy groups -OCH3 is 3. The number of sulfone groups is 2. The average Bonchev–Trinajstić information content (AvgIpc) is 3.20. The summed E-state index contributed by atoms with van der Waals surface area (Å²) in [4.78, 5) is -2.06. The van der Waals surface area contributed by atoms with Crippen molar-refractivity contribution in [2.75, 3.05) is 51.8 Å². The maximum absolute atomic E-state index is 13.0. The van der Waals surface area contributed by atoms with E-state index in [9.17, 15) is 43.3 Å². The molecule has 0 amide bonds. The smallest absolute Gasteiger partial charge is 0.397 e. The fourth-order valence-electron chi connectivity index (χ4n) is 5.03. The van der Waals surface area contributed by atoms with Crippen LogP contribution in [0.15, 0.2) is 82.5 Å². The van der Waals surface area contributed by atoms with Gasteiger partial charge in [-0.05, 0) is 35.7 Å². The van der Waals surface area contributed by atoms with Gasteiger partial charge >= 0.3 is 10.4 Å². The van der Waals surface area contributed by atoms with Crippen molar-refractivity contribution in [3.63, 3.8) is 0 Å². The molecule has 33 heteroatoms. The zero-order valence-corrected chi connectivity index (χ0v) is 36.3. The quantitative estimate of drug-likeness (QED) is 0.0108. The highest BCUT2D eigenvalue weighted by molar-refractivity contribution is 7.94. The largest absolute Gasteiger partial charge is 0.505 e. The average molecular weight is 994 g/mol. The number of nitrogens with zero attached hydrogens (tertiary/aromatic N) is 4. The van der Waals surface area contributed by atoms with Gasteiger partial charge in [0.2, 0.25) is 0 Å². The van der Waals surface area contributed by atoms with Crippen LogP contribution in [0, 0.1) is 0 Å². The van der Waals surface area contributed by atoms with E-state index in [2.05, 4.69) is 43.4 Å². The molecule has 0 heterocycles. The molecule has 0 aliphatic heterocycles. The van der Waals surface area contributed by atoms with Gasteiger partial charge in [0.1, 0.15) is 49.8 Å². The normalized spacial score (nSPS) is 12.8. The summed E-state index contributed by atoms with van der Waals surface area (Å²) in [5.74, 6) is -3.13. The lowest BCUT2D eigenvalue weighted by Crippen LogP contribution is -2.16. The Kier molecular flexibility index (Phi) is 17.1. The van der Waals surface area contributed by atoms with E-state index in [0.717, 1.165) is 44.6 Å². The van der Waals surface area contributed by atoms with Gasteiger partial charge in [0.25, 0.3) is 10.1 Å². The van der Waals surface area contributed by atoms with Crippen LogP contribution in [0.25, 0.3) is 10.8 Å². The highest BCUT2D eigenvalue weighted by atomic mass is 32.3. The van der Waals surface area contributed by atoms with Crippen LogP contribution in [0.3, 0.4) is 0 Å². The van der Waals surface area contributed by atoms with Crippen LogP contribution >= 0.6 is 24.4 Å². The molecule has 0 spiro atoms. The molecule has 27 nitrogen and oxygen atoms in total. The molecule has 0 saturated carbocycles. The molecule has 4 rings (SSSR count). The van der Waals surface area contributed by atoms with Crippen molar-refractivity contribution in [1.82, 2.24) is 0 Å². The summed E-state index contributed by atoms with van der Waals surface area (Å²) in [6.07, 6.45) is 0.